The summed E-state index contributed by atoms with van der Waals surface area (Å²) in [5, 5.41) is 16.9. The van der Waals surface area contributed by atoms with Gasteiger partial charge in [0, 0.05) is 13.1 Å². The molecule has 0 aliphatic carbocycles. The fourth-order valence-electron chi connectivity index (χ4n) is 1.04. The van der Waals surface area contributed by atoms with E-state index in [4.69, 9.17) is 9.52 Å². The lowest BCUT2D eigenvalue weighted by Gasteiger charge is -1.99. The van der Waals surface area contributed by atoms with Crippen LogP contribution < -0.4 is 0 Å². The second-order valence-corrected chi connectivity index (χ2v) is 3.79. The van der Waals surface area contributed by atoms with E-state index in [9.17, 15) is 4.79 Å². The van der Waals surface area contributed by atoms with E-state index in [1.807, 2.05) is 0 Å². The molecule has 0 aliphatic heterocycles. The van der Waals surface area contributed by atoms with E-state index in [1.165, 1.54) is 12.3 Å². The lowest BCUT2D eigenvalue weighted by atomic mass is 10.3. The second-order valence-electron chi connectivity index (χ2n) is 2.85. The van der Waals surface area contributed by atoms with Gasteiger partial charge in [-0.2, -0.15) is 0 Å². The zero-order valence-electron chi connectivity index (χ0n) is 8.25. The highest BCUT2D eigenvalue weighted by Gasteiger charge is 2.14. The van der Waals surface area contributed by atoms with Gasteiger partial charge in [0.2, 0.25) is 5.89 Å². The Morgan fingerprint density at radius 1 is 1.50 bits per heavy atom. The Bertz CT molecular complexity index is 526. The molecule has 0 aromatic carbocycles. The van der Waals surface area contributed by atoms with Crippen molar-refractivity contribution in [3.63, 3.8) is 0 Å². The number of aromatic carboxylic acids is 1. The van der Waals surface area contributed by atoms with Crippen LogP contribution in [-0.2, 0) is 0 Å². The first kappa shape index (κ1) is 10.6. The normalized spacial score (nSPS) is 10.3. The standard InChI is InChI=1S/C9H7N3O3S/c1-5-11-12-9(15-5)16-7-6(8(13)14)3-2-4-10-7/h2-4H,1H3,(H,13,14). The molecular formula is C9H7N3O3S. The van der Waals surface area contributed by atoms with E-state index >= 15 is 0 Å². The second kappa shape index (κ2) is 4.31. The SMILES string of the molecule is Cc1nnc(Sc2ncccc2C(=O)O)o1. The molecule has 0 aliphatic rings. The minimum absolute atomic E-state index is 0.114. The van der Waals surface area contributed by atoms with Crippen LogP contribution in [0.5, 0.6) is 0 Å². The first-order chi connectivity index (χ1) is 7.66. The number of hydrogen-bond donors (Lipinski definition) is 1. The van der Waals surface area contributed by atoms with Crippen molar-refractivity contribution in [2.45, 2.75) is 17.2 Å². The highest BCUT2D eigenvalue weighted by Crippen LogP contribution is 2.27. The molecule has 0 unspecified atom stereocenters. The van der Waals surface area contributed by atoms with Crippen LogP contribution in [0.2, 0.25) is 0 Å². The lowest BCUT2D eigenvalue weighted by Crippen LogP contribution is -1.99. The van der Waals surface area contributed by atoms with E-state index in [0.29, 0.717) is 10.9 Å². The summed E-state index contributed by atoms with van der Waals surface area (Å²) in [7, 11) is 0. The molecule has 2 rings (SSSR count). The molecule has 2 aromatic rings. The molecule has 7 heteroatoms. The summed E-state index contributed by atoms with van der Waals surface area (Å²) >= 11 is 1.03. The molecule has 82 valence electrons. The smallest absolute Gasteiger partial charge is 0.338 e. The third-order valence-corrected chi connectivity index (χ3v) is 2.55. The van der Waals surface area contributed by atoms with Crippen molar-refractivity contribution < 1.29 is 14.3 Å². The Morgan fingerprint density at radius 2 is 2.31 bits per heavy atom. The molecule has 2 aromatic heterocycles. The Balaban J connectivity index is 2.31. The molecule has 16 heavy (non-hydrogen) atoms. The number of aromatic nitrogens is 3. The summed E-state index contributed by atoms with van der Waals surface area (Å²) in [6.45, 7) is 1.66. The third kappa shape index (κ3) is 2.19. The van der Waals surface area contributed by atoms with E-state index in [1.54, 1.807) is 13.0 Å². The fraction of sp³-hybridized carbons (Fsp3) is 0.111. The summed E-state index contributed by atoms with van der Waals surface area (Å²) in [5.41, 5.74) is 0.114. The molecule has 0 radical (unpaired) electrons. The zero-order chi connectivity index (χ0) is 11.5. The minimum Gasteiger partial charge on any atom is -0.478 e. The van der Waals surface area contributed by atoms with Gasteiger partial charge in [-0.05, 0) is 23.9 Å². The van der Waals surface area contributed by atoms with Gasteiger partial charge < -0.3 is 9.52 Å². The van der Waals surface area contributed by atoms with Gasteiger partial charge >= 0.3 is 5.97 Å². The van der Waals surface area contributed by atoms with Crippen molar-refractivity contribution in [1.29, 1.82) is 0 Å². The van der Waals surface area contributed by atoms with Gasteiger partial charge in [0.05, 0.1) is 5.56 Å². The first-order valence-electron chi connectivity index (χ1n) is 4.33. The van der Waals surface area contributed by atoms with E-state index in [2.05, 4.69) is 15.2 Å². The Kier molecular flexibility index (Phi) is 2.86. The van der Waals surface area contributed by atoms with Gasteiger partial charge in [-0.25, -0.2) is 9.78 Å². The van der Waals surface area contributed by atoms with Crippen LogP contribution in [0, 0.1) is 6.92 Å². The highest BCUT2D eigenvalue weighted by atomic mass is 32.2. The lowest BCUT2D eigenvalue weighted by molar-refractivity contribution is 0.0692. The van der Waals surface area contributed by atoms with Gasteiger partial charge in [0.15, 0.2) is 0 Å². The highest BCUT2D eigenvalue weighted by molar-refractivity contribution is 7.99. The van der Waals surface area contributed by atoms with Crippen molar-refractivity contribution >= 4 is 17.7 Å². The van der Waals surface area contributed by atoms with Crippen LogP contribution in [0.25, 0.3) is 0 Å². The Morgan fingerprint density at radius 3 is 2.94 bits per heavy atom. The average molecular weight is 237 g/mol. The molecule has 2 heterocycles. The predicted octanol–water partition coefficient (Wildman–Crippen LogP) is 1.62. The number of aryl methyl sites for hydroxylation is 1. The minimum atomic E-state index is -1.04. The molecule has 0 saturated heterocycles. The number of pyridine rings is 1. The molecule has 0 atom stereocenters. The van der Waals surface area contributed by atoms with Crippen LogP contribution in [0.4, 0.5) is 0 Å². The summed E-state index contributed by atoms with van der Waals surface area (Å²) in [6, 6.07) is 3.04. The summed E-state index contributed by atoms with van der Waals surface area (Å²) < 4.78 is 5.13. The molecule has 6 nitrogen and oxygen atoms in total. The van der Waals surface area contributed by atoms with Gasteiger partial charge in [0.25, 0.3) is 5.22 Å². The van der Waals surface area contributed by atoms with Gasteiger partial charge in [-0.3, -0.25) is 0 Å². The van der Waals surface area contributed by atoms with Crippen LogP contribution in [0.3, 0.4) is 0 Å². The van der Waals surface area contributed by atoms with Crippen LogP contribution in [0.1, 0.15) is 16.2 Å². The average Bonchev–Trinajstić information content (AvgIpc) is 2.64. The maximum atomic E-state index is 10.9. The number of hydrogen-bond acceptors (Lipinski definition) is 6. The quantitative estimate of drug-likeness (QED) is 0.867. The number of carboxylic acids is 1. The van der Waals surface area contributed by atoms with Crippen molar-refractivity contribution in [1.82, 2.24) is 15.2 Å². The largest absolute Gasteiger partial charge is 0.478 e. The summed E-state index contributed by atoms with van der Waals surface area (Å²) in [6.07, 6.45) is 1.51. The van der Waals surface area contributed by atoms with Crippen LogP contribution >= 0.6 is 11.8 Å². The van der Waals surface area contributed by atoms with E-state index < -0.39 is 5.97 Å². The van der Waals surface area contributed by atoms with E-state index in [-0.39, 0.29) is 10.8 Å². The molecule has 1 N–H and O–H groups in total. The zero-order valence-corrected chi connectivity index (χ0v) is 9.06. The van der Waals surface area contributed by atoms with Gasteiger partial charge in [-0.1, -0.05) is 0 Å². The molecular weight excluding hydrogens is 230 g/mol. The predicted molar refractivity (Wildman–Crippen MR) is 54.4 cm³/mol. The van der Waals surface area contributed by atoms with Crippen molar-refractivity contribution in [2.24, 2.45) is 0 Å². The molecule has 0 fully saturated rings. The summed E-state index contributed by atoms with van der Waals surface area (Å²) in [4.78, 5) is 14.9. The van der Waals surface area contributed by atoms with E-state index in [0.717, 1.165) is 11.8 Å². The van der Waals surface area contributed by atoms with Crippen LogP contribution in [-0.4, -0.2) is 26.3 Å². The molecule has 0 amide bonds. The maximum Gasteiger partial charge on any atom is 0.338 e. The Hall–Kier alpha value is -1.89. The number of carbonyl (C=O) groups is 1. The maximum absolute atomic E-state index is 10.9. The summed E-state index contributed by atoms with van der Waals surface area (Å²) in [5.74, 6) is -0.609. The monoisotopic (exact) mass is 237 g/mol. The first-order valence-corrected chi connectivity index (χ1v) is 5.15. The number of rotatable bonds is 3. The van der Waals surface area contributed by atoms with Gasteiger partial charge in [-0.15, -0.1) is 10.2 Å². The molecule has 0 bridgehead atoms. The van der Waals surface area contributed by atoms with Crippen molar-refractivity contribution in [3.05, 3.63) is 29.8 Å². The number of nitrogens with zero attached hydrogens (tertiary/aromatic N) is 3. The third-order valence-electron chi connectivity index (χ3n) is 1.69. The van der Waals surface area contributed by atoms with Crippen molar-refractivity contribution in [3.8, 4) is 0 Å². The Labute approximate surface area is 94.7 Å². The fourth-order valence-corrected chi connectivity index (χ4v) is 1.83. The molecule has 0 spiro atoms. The molecule has 0 saturated carbocycles. The van der Waals surface area contributed by atoms with Crippen LogP contribution in [0.15, 0.2) is 33.0 Å². The number of carboxylic acid groups (broad SMARTS) is 1. The van der Waals surface area contributed by atoms with Gasteiger partial charge in [0.1, 0.15) is 5.03 Å². The topological polar surface area (TPSA) is 89.1 Å². The van der Waals surface area contributed by atoms with Crippen molar-refractivity contribution in [2.75, 3.05) is 0 Å².